The first kappa shape index (κ1) is 22.5. The maximum atomic E-state index is 13.6. The van der Waals surface area contributed by atoms with E-state index in [0.29, 0.717) is 5.70 Å². The molecule has 0 bridgehead atoms. The van der Waals surface area contributed by atoms with Crippen molar-refractivity contribution in [2.75, 3.05) is 7.11 Å². The van der Waals surface area contributed by atoms with Crippen molar-refractivity contribution in [2.45, 2.75) is 58.3 Å². The van der Waals surface area contributed by atoms with Crippen molar-refractivity contribution in [3.05, 3.63) is 47.7 Å². The van der Waals surface area contributed by atoms with E-state index < -0.39 is 29.4 Å². The van der Waals surface area contributed by atoms with Gasteiger partial charge in [0.05, 0.1) is 38.2 Å². The number of esters is 1. The predicted octanol–water partition coefficient (Wildman–Crippen LogP) is 3.39. The summed E-state index contributed by atoms with van der Waals surface area (Å²) in [4.78, 5) is 40.3. The van der Waals surface area contributed by atoms with Crippen molar-refractivity contribution < 1.29 is 29.0 Å². The lowest BCUT2D eigenvalue weighted by molar-refractivity contribution is -0.183. The summed E-state index contributed by atoms with van der Waals surface area (Å²) in [6.45, 7) is 4.37. The number of ether oxygens (including phenoxy) is 2. The molecule has 1 N–H and O–H groups in total. The van der Waals surface area contributed by atoms with Gasteiger partial charge < -0.3 is 19.5 Å². The highest BCUT2D eigenvalue weighted by atomic mass is 16.5. The first-order valence-electron chi connectivity index (χ1n) is 11.3. The zero-order valence-corrected chi connectivity index (χ0v) is 18.8. The van der Waals surface area contributed by atoms with Crippen LogP contribution in [0.3, 0.4) is 0 Å². The minimum atomic E-state index is -1.19. The number of fused-ring (bicyclic) bond motifs is 1. The zero-order chi connectivity index (χ0) is 23.0. The number of piperidine rings is 1. The second-order valence-corrected chi connectivity index (χ2v) is 9.53. The monoisotopic (exact) mass is 441 g/mol. The van der Waals surface area contributed by atoms with Crippen molar-refractivity contribution in [3.8, 4) is 0 Å². The molecule has 1 aliphatic carbocycles. The first-order valence-corrected chi connectivity index (χ1v) is 11.3. The molecular weight excluding hydrogens is 410 g/mol. The van der Waals surface area contributed by atoms with Gasteiger partial charge in [-0.1, -0.05) is 44.2 Å². The molecule has 1 saturated carbocycles. The van der Waals surface area contributed by atoms with Gasteiger partial charge in [-0.2, -0.15) is 0 Å². The molecule has 3 aliphatic rings. The van der Waals surface area contributed by atoms with Crippen LogP contribution < -0.4 is 0 Å². The quantitative estimate of drug-likeness (QED) is 0.652. The summed E-state index contributed by atoms with van der Waals surface area (Å²) in [5.74, 6) is -2.26. The zero-order valence-electron chi connectivity index (χ0n) is 18.8. The lowest BCUT2D eigenvalue weighted by Crippen LogP contribution is -2.61. The number of carbonyl (C=O) groups is 3. The summed E-state index contributed by atoms with van der Waals surface area (Å²) in [6, 6.07) is 9.54. The first-order chi connectivity index (χ1) is 15.3. The lowest BCUT2D eigenvalue weighted by Gasteiger charge is -2.53. The highest BCUT2D eigenvalue weighted by Gasteiger charge is 2.63. The lowest BCUT2D eigenvalue weighted by atomic mass is 9.64. The number of likely N-dealkylation sites (tertiary alicyclic amines) is 1. The SMILES string of the molecule is COC(=O)[C@@]12C[C@H](CC(=O)O)C(=O)N(Cc3ccccc3)C1=C[C@@H](C(C)C)O[C@H]2C1CC1. The highest BCUT2D eigenvalue weighted by molar-refractivity contribution is 5.92. The number of hydrogen-bond acceptors (Lipinski definition) is 5. The second-order valence-electron chi connectivity index (χ2n) is 9.53. The minimum absolute atomic E-state index is 0.0912. The summed E-state index contributed by atoms with van der Waals surface area (Å²) in [5, 5.41) is 9.50. The Hall–Kier alpha value is -2.67. The number of amides is 1. The van der Waals surface area contributed by atoms with E-state index >= 15 is 0 Å². The number of carboxylic acid groups (broad SMARTS) is 1. The molecule has 2 fully saturated rings. The molecule has 0 radical (unpaired) electrons. The van der Waals surface area contributed by atoms with Crippen LogP contribution in [-0.4, -0.2) is 47.2 Å². The van der Waals surface area contributed by atoms with Gasteiger partial charge in [0.25, 0.3) is 0 Å². The fraction of sp³-hybridized carbons (Fsp3) is 0.560. The maximum absolute atomic E-state index is 13.6. The van der Waals surface area contributed by atoms with Crippen LogP contribution >= 0.6 is 0 Å². The number of aliphatic carboxylic acids is 1. The van der Waals surface area contributed by atoms with Gasteiger partial charge in [0.2, 0.25) is 5.91 Å². The van der Waals surface area contributed by atoms with E-state index in [1.807, 2.05) is 36.4 Å². The third kappa shape index (κ3) is 3.94. The Kier molecular flexibility index (Phi) is 6.12. The van der Waals surface area contributed by atoms with Crippen LogP contribution in [0.4, 0.5) is 0 Å². The van der Waals surface area contributed by atoms with Crippen LogP contribution in [-0.2, 0) is 30.4 Å². The largest absolute Gasteiger partial charge is 0.481 e. The molecule has 1 saturated heterocycles. The second kappa shape index (κ2) is 8.70. The molecule has 7 heteroatoms. The predicted molar refractivity (Wildman–Crippen MR) is 116 cm³/mol. The average Bonchev–Trinajstić information content (AvgIpc) is 3.60. The van der Waals surface area contributed by atoms with E-state index in [2.05, 4.69) is 13.8 Å². The number of carboxylic acids is 1. The van der Waals surface area contributed by atoms with Crippen molar-refractivity contribution in [3.63, 3.8) is 0 Å². The third-order valence-electron chi connectivity index (χ3n) is 6.90. The Morgan fingerprint density at radius 3 is 2.50 bits per heavy atom. The van der Waals surface area contributed by atoms with Gasteiger partial charge in [-0.15, -0.1) is 0 Å². The molecule has 7 nitrogen and oxygen atoms in total. The van der Waals surface area contributed by atoms with Gasteiger partial charge in [-0.25, -0.2) is 0 Å². The van der Waals surface area contributed by atoms with E-state index in [4.69, 9.17) is 9.47 Å². The van der Waals surface area contributed by atoms with E-state index in [9.17, 15) is 19.5 Å². The Morgan fingerprint density at radius 1 is 1.25 bits per heavy atom. The molecule has 0 unspecified atom stereocenters. The molecule has 1 aromatic rings. The summed E-state index contributed by atoms with van der Waals surface area (Å²) in [7, 11) is 1.34. The van der Waals surface area contributed by atoms with Crippen LogP contribution in [0.2, 0.25) is 0 Å². The fourth-order valence-electron chi connectivity index (χ4n) is 5.19. The molecular formula is C25H31NO6. The molecule has 172 valence electrons. The molecule has 0 spiro atoms. The molecule has 4 rings (SSSR count). The van der Waals surface area contributed by atoms with Gasteiger partial charge in [0.1, 0.15) is 5.41 Å². The Bertz CT molecular complexity index is 922. The topological polar surface area (TPSA) is 93.1 Å². The van der Waals surface area contributed by atoms with Crippen molar-refractivity contribution in [1.29, 1.82) is 0 Å². The summed E-state index contributed by atoms with van der Waals surface area (Å²) in [6.07, 6.45) is 2.86. The molecule has 0 aromatic heterocycles. The minimum Gasteiger partial charge on any atom is -0.481 e. The van der Waals surface area contributed by atoms with Crippen molar-refractivity contribution in [1.82, 2.24) is 4.90 Å². The molecule has 4 atom stereocenters. The molecule has 1 amide bonds. The summed E-state index contributed by atoms with van der Waals surface area (Å²) < 4.78 is 11.8. The van der Waals surface area contributed by atoms with E-state index in [-0.39, 0.29) is 43.2 Å². The van der Waals surface area contributed by atoms with E-state index in [1.54, 1.807) is 4.90 Å². The summed E-state index contributed by atoms with van der Waals surface area (Å²) >= 11 is 0. The standard InChI is InChI=1S/C25H31NO6/c1-15(2)19-12-20-25(24(30)31-3,22(32-19)17-9-10-17)13-18(11-21(27)28)23(29)26(20)14-16-7-5-4-6-8-16/h4-8,12,15,17-19,22H,9-11,13-14H2,1-3H3,(H,27,28)/t18-,19-,22-,25-/m0/s1. The number of hydrogen-bond donors (Lipinski definition) is 1. The van der Waals surface area contributed by atoms with Crippen LogP contribution in [0.15, 0.2) is 42.1 Å². The van der Waals surface area contributed by atoms with Gasteiger partial charge in [0.15, 0.2) is 0 Å². The molecule has 1 aromatic carbocycles. The average molecular weight is 442 g/mol. The number of carbonyl (C=O) groups excluding carboxylic acids is 2. The van der Waals surface area contributed by atoms with Crippen LogP contribution in [0.5, 0.6) is 0 Å². The summed E-state index contributed by atoms with van der Waals surface area (Å²) in [5.41, 5.74) is 0.332. The number of benzene rings is 1. The van der Waals surface area contributed by atoms with E-state index in [0.717, 1.165) is 18.4 Å². The maximum Gasteiger partial charge on any atom is 0.320 e. The van der Waals surface area contributed by atoms with Crippen molar-refractivity contribution in [2.24, 2.45) is 23.2 Å². The third-order valence-corrected chi connectivity index (χ3v) is 6.90. The fourth-order valence-corrected chi connectivity index (χ4v) is 5.19. The molecule has 32 heavy (non-hydrogen) atoms. The van der Waals surface area contributed by atoms with Gasteiger partial charge in [-0.05, 0) is 42.7 Å². The molecule has 2 aliphatic heterocycles. The number of nitrogens with zero attached hydrogens (tertiary/aromatic N) is 1. The normalized spacial score (nSPS) is 30.0. The van der Waals surface area contributed by atoms with Crippen LogP contribution in [0.25, 0.3) is 0 Å². The van der Waals surface area contributed by atoms with Crippen LogP contribution in [0, 0.1) is 23.2 Å². The highest BCUT2D eigenvalue weighted by Crippen LogP contribution is 2.56. The molecule has 2 heterocycles. The van der Waals surface area contributed by atoms with E-state index in [1.165, 1.54) is 7.11 Å². The Balaban J connectivity index is 1.87. The Morgan fingerprint density at radius 2 is 1.94 bits per heavy atom. The van der Waals surface area contributed by atoms with Crippen LogP contribution in [0.1, 0.15) is 45.1 Å². The van der Waals surface area contributed by atoms with Crippen molar-refractivity contribution >= 4 is 17.8 Å². The smallest absolute Gasteiger partial charge is 0.320 e. The van der Waals surface area contributed by atoms with Gasteiger partial charge in [-0.3, -0.25) is 14.4 Å². The number of rotatable bonds is 7. The van der Waals surface area contributed by atoms with Gasteiger partial charge in [0, 0.05) is 5.70 Å². The Labute approximate surface area is 188 Å². The van der Waals surface area contributed by atoms with Gasteiger partial charge >= 0.3 is 11.9 Å². The number of methoxy groups -OCH3 is 1.